The molecule has 2 N–H and O–H groups in total. The number of hydrogen-bond donors (Lipinski definition) is 1. The Morgan fingerprint density at radius 1 is 1.50 bits per heavy atom. The lowest BCUT2D eigenvalue weighted by Crippen LogP contribution is -2.40. The molecule has 2 aliphatic rings. The van der Waals surface area contributed by atoms with E-state index < -0.39 is 0 Å². The fourth-order valence-electron chi connectivity index (χ4n) is 3.48. The first-order valence-corrected chi connectivity index (χ1v) is 6.26. The number of nitrogens with zero attached hydrogens (tertiary/aromatic N) is 1. The van der Waals surface area contributed by atoms with E-state index in [0.717, 1.165) is 17.7 Å². The van der Waals surface area contributed by atoms with Crippen molar-refractivity contribution in [2.24, 2.45) is 11.1 Å². The lowest BCUT2D eigenvalue weighted by atomic mass is 9.77. The molecule has 1 aromatic rings. The summed E-state index contributed by atoms with van der Waals surface area (Å²) in [4.78, 5) is 13.7. The Hall–Kier alpha value is -1.55. The smallest absolute Gasteiger partial charge is 0.234 e. The average molecular weight is 246 g/mol. The van der Waals surface area contributed by atoms with Crippen LogP contribution in [0.5, 0.6) is 5.75 Å². The van der Waals surface area contributed by atoms with E-state index in [4.69, 9.17) is 10.5 Å². The third-order valence-corrected chi connectivity index (χ3v) is 4.32. The Labute approximate surface area is 107 Å². The molecule has 0 spiro atoms. The van der Waals surface area contributed by atoms with E-state index >= 15 is 0 Å². The molecule has 1 fully saturated rings. The molecule has 4 nitrogen and oxygen atoms in total. The van der Waals surface area contributed by atoms with Crippen LogP contribution in [0.1, 0.15) is 24.9 Å². The first kappa shape index (κ1) is 11.5. The van der Waals surface area contributed by atoms with Gasteiger partial charge in [0.1, 0.15) is 5.75 Å². The van der Waals surface area contributed by atoms with Crippen molar-refractivity contribution in [3.63, 3.8) is 0 Å². The summed E-state index contributed by atoms with van der Waals surface area (Å²) in [5.74, 6) is 0.683. The number of ether oxygens (including phenoxy) is 1. The first-order valence-electron chi connectivity index (χ1n) is 6.26. The monoisotopic (exact) mass is 246 g/mol. The van der Waals surface area contributed by atoms with Gasteiger partial charge >= 0.3 is 0 Å². The SMILES string of the molecule is CN1C(C(N)=O)CC2(C)COc3ccccc3C12. The van der Waals surface area contributed by atoms with Crippen LogP contribution >= 0.6 is 0 Å². The van der Waals surface area contributed by atoms with Crippen LogP contribution in [0, 0.1) is 5.41 Å². The minimum atomic E-state index is -0.245. The molecule has 1 amide bonds. The molecular weight excluding hydrogens is 228 g/mol. The van der Waals surface area contributed by atoms with Crippen LogP contribution in [0.15, 0.2) is 24.3 Å². The standard InChI is InChI=1S/C14H18N2O2/c1-14-7-10(13(15)17)16(2)12(14)9-5-3-4-6-11(9)18-8-14/h3-6,10,12H,7-8H2,1-2H3,(H2,15,17). The molecular formula is C14H18N2O2. The predicted octanol–water partition coefficient (Wildman–Crippen LogP) is 1.32. The minimum Gasteiger partial charge on any atom is -0.493 e. The average Bonchev–Trinajstić information content (AvgIpc) is 2.62. The lowest BCUT2D eigenvalue weighted by molar-refractivity contribution is -0.122. The second-order valence-corrected chi connectivity index (χ2v) is 5.67. The summed E-state index contributed by atoms with van der Waals surface area (Å²) < 4.78 is 5.84. The largest absolute Gasteiger partial charge is 0.493 e. The maximum atomic E-state index is 11.5. The van der Waals surface area contributed by atoms with E-state index in [1.807, 2.05) is 25.2 Å². The summed E-state index contributed by atoms with van der Waals surface area (Å²) in [6, 6.07) is 8.06. The number of para-hydroxylation sites is 1. The highest BCUT2D eigenvalue weighted by atomic mass is 16.5. The maximum Gasteiger partial charge on any atom is 0.234 e. The molecule has 3 atom stereocenters. The van der Waals surface area contributed by atoms with Gasteiger partial charge in [-0.1, -0.05) is 25.1 Å². The number of amides is 1. The van der Waals surface area contributed by atoms with E-state index in [2.05, 4.69) is 17.9 Å². The van der Waals surface area contributed by atoms with Gasteiger partial charge in [0.05, 0.1) is 12.6 Å². The molecule has 96 valence electrons. The van der Waals surface area contributed by atoms with Gasteiger partial charge in [0.2, 0.25) is 5.91 Å². The molecule has 2 heterocycles. The highest BCUT2D eigenvalue weighted by Crippen LogP contribution is 2.53. The Morgan fingerprint density at radius 2 is 2.22 bits per heavy atom. The number of primary amides is 1. The van der Waals surface area contributed by atoms with Crippen molar-refractivity contribution in [2.75, 3.05) is 13.7 Å². The van der Waals surface area contributed by atoms with Crippen LogP contribution < -0.4 is 10.5 Å². The zero-order valence-electron chi connectivity index (χ0n) is 10.7. The number of fused-ring (bicyclic) bond motifs is 3. The van der Waals surface area contributed by atoms with Gasteiger partial charge in [0, 0.05) is 17.0 Å². The highest BCUT2D eigenvalue weighted by molar-refractivity contribution is 5.80. The molecule has 2 aliphatic heterocycles. The van der Waals surface area contributed by atoms with Crippen LogP contribution in [0.2, 0.25) is 0 Å². The van der Waals surface area contributed by atoms with Gasteiger partial charge in [-0.05, 0) is 19.5 Å². The highest BCUT2D eigenvalue weighted by Gasteiger charge is 2.53. The summed E-state index contributed by atoms with van der Waals surface area (Å²) in [6.07, 6.45) is 0.762. The zero-order chi connectivity index (χ0) is 12.9. The Kier molecular flexibility index (Phi) is 2.38. The molecule has 0 bridgehead atoms. The molecule has 18 heavy (non-hydrogen) atoms. The molecule has 0 aliphatic carbocycles. The minimum absolute atomic E-state index is 0.0389. The van der Waals surface area contributed by atoms with E-state index in [1.54, 1.807) is 0 Å². The van der Waals surface area contributed by atoms with E-state index in [1.165, 1.54) is 0 Å². The fourth-order valence-corrected chi connectivity index (χ4v) is 3.48. The normalized spacial score (nSPS) is 34.6. The number of likely N-dealkylation sites (tertiary alicyclic amines) is 1. The third-order valence-electron chi connectivity index (χ3n) is 4.32. The van der Waals surface area contributed by atoms with Crippen molar-refractivity contribution in [1.29, 1.82) is 0 Å². The summed E-state index contributed by atoms with van der Waals surface area (Å²) in [5, 5.41) is 0. The zero-order valence-corrected chi connectivity index (χ0v) is 10.7. The van der Waals surface area contributed by atoms with Gasteiger partial charge in [-0.25, -0.2) is 0 Å². The Bertz CT molecular complexity index is 502. The van der Waals surface area contributed by atoms with Gasteiger partial charge in [0.25, 0.3) is 0 Å². The third kappa shape index (κ3) is 1.45. The topological polar surface area (TPSA) is 55.6 Å². The van der Waals surface area contributed by atoms with Crippen molar-refractivity contribution in [3.8, 4) is 5.75 Å². The van der Waals surface area contributed by atoms with E-state index in [9.17, 15) is 4.79 Å². The lowest BCUT2D eigenvalue weighted by Gasteiger charge is -2.39. The predicted molar refractivity (Wildman–Crippen MR) is 68.1 cm³/mol. The second kappa shape index (κ2) is 3.72. The molecule has 1 aromatic carbocycles. The molecule has 4 heteroatoms. The van der Waals surface area contributed by atoms with E-state index in [-0.39, 0.29) is 23.4 Å². The molecule has 0 radical (unpaired) electrons. The quantitative estimate of drug-likeness (QED) is 0.813. The van der Waals surface area contributed by atoms with Crippen molar-refractivity contribution in [1.82, 2.24) is 4.90 Å². The molecule has 0 aromatic heterocycles. The van der Waals surface area contributed by atoms with Gasteiger partial charge in [-0.15, -0.1) is 0 Å². The summed E-state index contributed by atoms with van der Waals surface area (Å²) in [5.41, 5.74) is 6.63. The number of hydrogen-bond acceptors (Lipinski definition) is 3. The maximum absolute atomic E-state index is 11.5. The molecule has 1 saturated heterocycles. The van der Waals surface area contributed by atoms with Crippen molar-refractivity contribution < 1.29 is 9.53 Å². The van der Waals surface area contributed by atoms with Gasteiger partial charge in [-0.3, -0.25) is 9.69 Å². The van der Waals surface area contributed by atoms with Crippen LogP contribution in [0.3, 0.4) is 0 Å². The van der Waals surface area contributed by atoms with Gasteiger partial charge < -0.3 is 10.5 Å². The second-order valence-electron chi connectivity index (χ2n) is 5.67. The van der Waals surface area contributed by atoms with E-state index in [0.29, 0.717) is 6.61 Å². The van der Waals surface area contributed by atoms with Crippen molar-refractivity contribution in [2.45, 2.75) is 25.4 Å². The fraction of sp³-hybridized carbons (Fsp3) is 0.500. The van der Waals surface area contributed by atoms with Crippen molar-refractivity contribution >= 4 is 5.91 Å². The summed E-state index contributed by atoms with van der Waals surface area (Å²) in [7, 11) is 1.98. The number of carbonyl (C=O) groups is 1. The molecule has 3 rings (SSSR count). The Balaban J connectivity index is 2.07. The Morgan fingerprint density at radius 3 is 2.94 bits per heavy atom. The van der Waals surface area contributed by atoms with Gasteiger partial charge in [-0.2, -0.15) is 0 Å². The van der Waals surface area contributed by atoms with Crippen LogP contribution in [-0.4, -0.2) is 30.5 Å². The van der Waals surface area contributed by atoms with Crippen LogP contribution in [0.25, 0.3) is 0 Å². The molecule has 3 unspecified atom stereocenters. The van der Waals surface area contributed by atoms with Crippen molar-refractivity contribution in [3.05, 3.63) is 29.8 Å². The number of carbonyl (C=O) groups excluding carboxylic acids is 1. The number of nitrogens with two attached hydrogens (primary N) is 1. The van der Waals surface area contributed by atoms with Crippen LogP contribution in [0.4, 0.5) is 0 Å². The van der Waals surface area contributed by atoms with Gasteiger partial charge in [0.15, 0.2) is 0 Å². The molecule has 0 saturated carbocycles. The number of benzene rings is 1. The number of rotatable bonds is 1. The summed E-state index contributed by atoms with van der Waals surface area (Å²) in [6.45, 7) is 2.82. The van der Waals surface area contributed by atoms with Crippen LogP contribution in [-0.2, 0) is 4.79 Å². The summed E-state index contributed by atoms with van der Waals surface area (Å²) >= 11 is 0. The first-order chi connectivity index (χ1) is 8.53. The number of likely N-dealkylation sites (N-methyl/N-ethyl adjacent to an activating group) is 1.